The van der Waals surface area contributed by atoms with Gasteiger partial charge in [0.05, 0.1) is 12.8 Å². The predicted molar refractivity (Wildman–Crippen MR) is 39.3 cm³/mol. The smallest absolute Gasteiger partial charge is 0.0615 e. The van der Waals surface area contributed by atoms with E-state index in [2.05, 4.69) is 5.10 Å². The summed E-state index contributed by atoms with van der Waals surface area (Å²) in [6.45, 7) is 0.0783. The van der Waals surface area contributed by atoms with E-state index in [1.165, 1.54) is 0 Å². The van der Waals surface area contributed by atoms with Crippen LogP contribution in [0.1, 0.15) is 5.56 Å². The Kier molecular flexibility index (Phi) is 2.23. The van der Waals surface area contributed by atoms with Crippen LogP contribution in [0.4, 0.5) is 0 Å². The molecular formula is C7H10N2O. The molecule has 0 saturated carbocycles. The van der Waals surface area contributed by atoms with Crippen LogP contribution in [0.25, 0.3) is 6.08 Å². The van der Waals surface area contributed by atoms with Gasteiger partial charge in [-0.3, -0.25) is 4.68 Å². The van der Waals surface area contributed by atoms with E-state index in [4.69, 9.17) is 5.11 Å². The Morgan fingerprint density at radius 1 is 1.80 bits per heavy atom. The van der Waals surface area contributed by atoms with E-state index >= 15 is 0 Å². The molecule has 3 heteroatoms. The lowest BCUT2D eigenvalue weighted by Gasteiger charge is -1.81. The zero-order valence-corrected chi connectivity index (χ0v) is 5.86. The highest BCUT2D eigenvalue weighted by Gasteiger charge is 1.87. The lowest BCUT2D eigenvalue weighted by atomic mass is 10.3. The maximum atomic E-state index is 8.42. The van der Waals surface area contributed by atoms with Crippen molar-refractivity contribution in [3.63, 3.8) is 0 Å². The van der Waals surface area contributed by atoms with Crippen LogP contribution in [0.3, 0.4) is 0 Å². The van der Waals surface area contributed by atoms with Crippen molar-refractivity contribution in [1.29, 1.82) is 0 Å². The largest absolute Gasteiger partial charge is 0.392 e. The lowest BCUT2D eigenvalue weighted by Crippen LogP contribution is -1.83. The fourth-order valence-electron chi connectivity index (χ4n) is 0.715. The van der Waals surface area contributed by atoms with Crippen LogP contribution in [0.2, 0.25) is 0 Å². The Labute approximate surface area is 59.6 Å². The Hall–Kier alpha value is -1.09. The van der Waals surface area contributed by atoms with Crippen LogP contribution in [-0.4, -0.2) is 21.5 Å². The van der Waals surface area contributed by atoms with Crippen molar-refractivity contribution < 1.29 is 5.11 Å². The topological polar surface area (TPSA) is 38.0 Å². The summed E-state index contributed by atoms with van der Waals surface area (Å²) in [6, 6.07) is 0. The summed E-state index contributed by atoms with van der Waals surface area (Å²) < 4.78 is 1.72. The van der Waals surface area contributed by atoms with Crippen molar-refractivity contribution in [2.75, 3.05) is 6.61 Å². The highest BCUT2D eigenvalue weighted by atomic mass is 16.2. The summed E-state index contributed by atoms with van der Waals surface area (Å²) >= 11 is 0. The fourth-order valence-corrected chi connectivity index (χ4v) is 0.715. The lowest BCUT2D eigenvalue weighted by molar-refractivity contribution is 0.343. The first kappa shape index (κ1) is 7.02. The molecule has 0 saturated heterocycles. The van der Waals surface area contributed by atoms with Gasteiger partial charge in [0.1, 0.15) is 0 Å². The number of hydrogen-bond acceptors (Lipinski definition) is 2. The maximum Gasteiger partial charge on any atom is 0.0615 e. The summed E-state index contributed by atoms with van der Waals surface area (Å²) in [5.74, 6) is 0. The van der Waals surface area contributed by atoms with E-state index in [0.717, 1.165) is 5.56 Å². The zero-order valence-electron chi connectivity index (χ0n) is 5.86. The van der Waals surface area contributed by atoms with Gasteiger partial charge in [-0.25, -0.2) is 0 Å². The number of rotatable bonds is 2. The predicted octanol–water partition coefficient (Wildman–Crippen LogP) is 0.426. The van der Waals surface area contributed by atoms with Gasteiger partial charge < -0.3 is 5.11 Å². The van der Waals surface area contributed by atoms with Gasteiger partial charge in [0, 0.05) is 18.8 Å². The van der Waals surface area contributed by atoms with Gasteiger partial charge in [0.25, 0.3) is 0 Å². The van der Waals surface area contributed by atoms with Crippen molar-refractivity contribution in [1.82, 2.24) is 9.78 Å². The van der Waals surface area contributed by atoms with Crippen LogP contribution in [0.15, 0.2) is 18.5 Å². The standard InChI is InChI=1S/C7H10N2O/c1-9-6-7(5-8-9)3-2-4-10/h2-3,5-6,10H,4H2,1H3/b3-2+. The van der Waals surface area contributed by atoms with Gasteiger partial charge in [0.15, 0.2) is 0 Å². The Bertz CT molecular complexity index is 227. The number of aryl methyl sites for hydroxylation is 1. The molecule has 0 aliphatic heterocycles. The summed E-state index contributed by atoms with van der Waals surface area (Å²) in [6.07, 6.45) is 7.13. The van der Waals surface area contributed by atoms with E-state index < -0.39 is 0 Å². The average molecular weight is 138 g/mol. The molecule has 3 nitrogen and oxygen atoms in total. The molecule has 54 valence electrons. The van der Waals surface area contributed by atoms with Crippen LogP contribution < -0.4 is 0 Å². The molecule has 10 heavy (non-hydrogen) atoms. The van der Waals surface area contributed by atoms with Crippen LogP contribution in [-0.2, 0) is 7.05 Å². The second kappa shape index (κ2) is 3.17. The third-order valence-corrected chi connectivity index (χ3v) is 1.14. The summed E-state index contributed by atoms with van der Waals surface area (Å²) in [7, 11) is 1.86. The maximum absolute atomic E-state index is 8.42. The molecule has 0 aliphatic carbocycles. The minimum absolute atomic E-state index is 0.0783. The summed E-state index contributed by atoms with van der Waals surface area (Å²) in [4.78, 5) is 0. The number of hydrogen-bond donors (Lipinski definition) is 1. The van der Waals surface area contributed by atoms with E-state index in [-0.39, 0.29) is 6.61 Å². The number of aromatic nitrogens is 2. The first-order valence-corrected chi connectivity index (χ1v) is 3.09. The Morgan fingerprint density at radius 2 is 2.60 bits per heavy atom. The molecule has 0 atom stereocenters. The zero-order chi connectivity index (χ0) is 7.40. The molecule has 0 aliphatic rings. The molecule has 1 rings (SSSR count). The van der Waals surface area contributed by atoms with Crippen molar-refractivity contribution >= 4 is 6.08 Å². The molecule has 0 aromatic carbocycles. The number of nitrogens with zero attached hydrogens (tertiary/aromatic N) is 2. The summed E-state index contributed by atoms with van der Waals surface area (Å²) in [5.41, 5.74) is 1.01. The SMILES string of the molecule is Cn1cc(/C=C/CO)cn1. The van der Waals surface area contributed by atoms with Gasteiger partial charge in [-0.15, -0.1) is 0 Å². The van der Waals surface area contributed by atoms with Crippen LogP contribution in [0, 0.1) is 0 Å². The van der Waals surface area contributed by atoms with Crippen molar-refractivity contribution in [3.8, 4) is 0 Å². The molecule has 0 radical (unpaired) electrons. The molecule has 0 bridgehead atoms. The molecule has 0 unspecified atom stereocenters. The first-order valence-electron chi connectivity index (χ1n) is 3.09. The van der Waals surface area contributed by atoms with Gasteiger partial charge in [-0.05, 0) is 0 Å². The van der Waals surface area contributed by atoms with E-state index in [1.807, 2.05) is 19.3 Å². The van der Waals surface area contributed by atoms with E-state index in [1.54, 1.807) is 17.0 Å². The van der Waals surface area contributed by atoms with Gasteiger partial charge in [-0.2, -0.15) is 5.10 Å². The second-order valence-electron chi connectivity index (χ2n) is 2.03. The normalized spacial score (nSPS) is 11.0. The molecular weight excluding hydrogens is 128 g/mol. The monoisotopic (exact) mass is 138 g/mol. The van der Waals surface area contributed by atoms with Crippen molar-refractivity contribution in [2.45, 2.75) is 0 Å². The molecule has 1 N–H and O–H groups in total. The third-order valence-electron chi connectivity index (χ3n) is 1.14. The van der Waals surface area contributed by atoms with Gasteiger partial charge >= 0.3 is 0 Å². The third kappa shape index (κ3) is 1.70. The van der Waals surface area contributed by atoms with Gasteiger partial charge in [-0.1, -0.05) is 12.2 Å². The highest BCUT2D eigenvalue weighted by Crippen LogP contribution is 1.97. The molecule has 0 fully saturated rings. The Balaban J connectivity index is 2.67. The van der Waals surface area contributed by atoms with Crippen LogP contribution >= 0.6 is 0 Å². The molecule has 0 amide bonds. The second-order valence-corrected chi connectivity index (χ2v) is 2.03. The van der Waals surface area contributed by atoms with Crippen molar-refractivity contribution in [3.05, 3.63) is 24.0 Å². The molecule has 1 heterocycles. The van der Waals surface area contributed by atoms with E-state index in [9.17, 15) is 0 Å². The number of aliphatic hydroxyl groups is 1. The van der Waals surface area contributed by atoms with E-state index in [0.29, 0.717) is 0 Å². The van der Waals surface area contributed by atoms with Crippen LogP contribution in [0.5, 0.6) is 0 Å². The molecule has 1 aromatic heterocycles. The molecule has 0 spiro atoms. The summed E-state index contributed by atoms with van der Waals surface area (Å²) in [5, 5.41) is 12.4. The van der Waals surface area contributed by atoms with Gasteiger partial charge in [0.2, 0.25) is 0 Å². The average Bonchev–Trinajstić information content (AvgIpc) is 2.31. The number of aliphatic hydroxyl groups excluding tert-OH is 1. The molecule has 1 aromatic rings. The quantitative estimate of drug-likeness (QED) is 0.643. The minimum Gasteiger partial charge on any atom is -0.392 e. The first-order chi connectivity index (χ1) is 4.83. The Morgan fingerprint density at radius 3 is 3.10 bits per heavy atom. The minimum atomic E-state index is 0.0783. The highest BCUT2D eigenvalue weighted by molar-refractivity contribution is 5.46. The fraction of sp³-hybridized carbons (Fsp3) is 0.286. The van der Waals surface area contributed by atoms with Crippen molar-refractivity contribution in [2.24, 2.45) is 7.05 Å².